The molecule has 0 aliphatic rings. The Bertz CT molecular complexity index is 497. The molecule has 5 nitrogen and oxygen atoms in total. The molecule has 110 valence electrons. The number of carbonyl (C=O) groups is 2. The van der Waals surface area contributed by atoms with E-state index in [2.05, 4.69) is 5.32 Å². The van der Waals surface area contributed by atoms with Gasteiger partial charge in [-0.2, -0.15) is 0 Å². The van der Waals surface area contributed by atoms with Crippen molar-refractivity contribution in [2.75, 3.05) is 0 Å². The smallest absolute Gasteiger partial charge is 0.408 e. The number of benzene rings is 1. The Kier molecular flexibility index (Phi) is 4.76. The van der Waals surface area contributed by atoms with Crippen LogP contribution in [0.15, 0.2) is 18.2 Å². The zero-order valence-corrected chi connectivity index (χ0v) is 12.5. The third kappa shape index (κ3) is 4.26. The standard InChI is InChI=1S/C15H21NO4/c1-9-7-6-8-10(2)11(9)12(13(17)18)16-14(19)20-15(3,4)5/h6-8,12H,1-5H3,(H,16,19)(H,17,18). The second-order valence-corrected chi connectivity index (χ2v) is 5.72. The van der Waals surface area contributed by atoms with Crippen LogP contribution in [0.5, 0.6) is 0 Å². The minimum atomic E-state index is -1.12. The fraction of sp³-hybridized carbons (Fsp3) is 0.467. The maximum atomic E-state index is 11.8. The lowest BCUT2D eigenvalue weighted by atomic mass is 9.96. The second-order valence-electron chi connectivity index (χ2n) is 5.72. The van der Waals surface area contributed by atoms with Crippen LogP contribution in [0.4, 0.5) is 4.79 Å². The molecule has 0 aliphatic carbocycles. The van der Waals surface area contributed by atoms with Gasteiger partial charge in [0.25, 0.3) is 0 Å². The van der Waals surface area contributed by atoms with E-state index in [0.29, 0.717) is 5.56 Å². The molecule has 0 saturated heterocycles. The van der Waals surface area contributed by atoms with Crippen molar-refractivity contribution >= 4 is 12.1 Å². The van der Waals surface area contributed by atoms with Gasteiger partial charge in [0.15, 0.2) is 6.04 Å². The molecule has 2 N–H and O–H groups in total. The third-order valence-corrected chi connectivity index (χ3v) is 2.74. The fourth-order valence-corrected chi connectivity index (χ4v) is 1.97. The van der Waals surface area contributed by atoms with E-state index in [1.807, 2.05) is 32.0 Å². The van der Waals surface area contributed by atoms with Gasteiger partial charge in [-0.05, 0) is 51.3 Å². The van der Waals surface area contributed by atoms with Gasteiger partial charge in [0.2, 0.25) is 0 Å². The van der Waals surface area contributed by atoms with Gasteiger partial charge in [-0.25, -0.2) is 9.59 Å². The predicted molar refractivity (Wildman–Crippen MR) is 75.7 cm³/mol. The number of aryl methyl sites for hydroxylation is 2. The topological polar surface area (TPSA) is 75.6 Å². The van der Waals surface area contributed by atoms with Crippen LogP contribution in [0.1, 0.15) is 43.5 Å². The van der Waals surface area contributed by atoms with Crippen molar-refractivity contribution in [3.63, 3.8) is 0 Å². The van der Waals surface area contributed by atoms with Gasteiger partial charge in [-0.15, -0.1) is 0 Å². The number of carboxylic acids is 1. The van der Waals surface area contributed by atoms with Crippen molar-refractivity contribution in [2.45, 2.75) is 46.3 Å². The lowest BCUT2D eigenvalue weighted by Gasteiger charge is -2.23. The van der Waals surface area contributed by atoms with E-state index in [-0.39, 0.29) is 0 Å². The minimum absolute atomic E-state index is 0.589. The summed E-state index contributed by atoms with van der Waals surface area (Å²) in [6, 6.07) is 4.36. The number of hydrogen-bond donors (Lipinski definition) is 2. The number of hydrogen-bond acceptors (Lipinski definition) is 3. The van der Waals surface area contributed by atoms with E-state index < -0.39 is 23.7 Å². The van der Waals surface area contributed by atoms with Gasteiger partial charge in [0, 0.05) is 0 Å². The number of rotatable bonds is 3. The molecule has 0 aromatic heterocycles. The lowest BCUT2D eigenvalue weighted by Crippen LogP contribution is -2.38. The van der Waals surface area contributed by atoms with Crippen LogP contribution >= 0.6 is 0 Å². The van der Waals surface area contributed by atoms with Crippen molar-refractivity contribution < 1.29 is 19.4 Å². The lowest BCUT2D eigenvalue weighted by molar-refractivity contribution is -0.139. The predicted octanol–water partition coefficient (Wildman–Crippen LogP) is 2.95. The van der Waals surface area contributed by atoms with Gasteiger partial charge in [-0.3, -0.25) is 0 Å². The van der Waals surface area contributed by atoms with Crippen LogP contribution in [0.3, 0.4) is 0 Å². The van der Waals surface area contributed by atoms with Crippen molar-refractivity contribution in [2.24, 2.45) is 0 Å². The molecule has 1 unspecified atom stereocenters. The maximum absolute atomic E-state index is 11.8. The summed E-state index contributed by atoms with van der Waals surface area (Å²) in [5.41, 5.74) is 1.54. The fourth-order valence-electron chi connectivity index (χ4n) is 1.97. The molecule has 1 aromatic rings. The number of carboxylic acid groups (broad SMARTS) is 1. The van der Waals surface area contributed by atoms with Crippen molar-refractivity contribution in [3.8, 4) is 0 Å². The van der Waals surface area contributed by atoms with Crippen LogP contribution < -0.4 is 5.32 Å². The molecule has 0 aliphatic heterocycles. The Morgan fingerprint density at radius 3 is 2.10 bits per heavy atom. The highest BCUT2D eigenvalue weighted by Crippen LogP contribution is 2.22. The average Bonchev–Trinajstić information content (AvgIpc) is 2.24. The summed E-state index contributed by atoms with van der Waals surface area (Å²) in [7, 11) is 0. The normalized spacial score (nSPS) is 12.7. The zero-order chi connectivity index (χ0) is 15.5. The van der Waals surface area contributed by atoms with Crippen LogP contribution in [0.25, 0.3) is 0 Å². The van der Waals surface area contributed by atoms with Crippen molar-refractivity contribution in [3.05, 3.63) is 34.9 Å². The number of nitrogens with one attached hydrogen (secondary N) is 1. The Morgan fingerprint density at radius 1 is 1.20 bits per heavy atom. The summed E-state index contributed by atoms with van der Waals surface area (Å²) in [5, 5.41) is 11.8. The summed E-state index contributed by atoms with van der Waals surface area (Å²) >= 11 is 0. The number of amides is 1. The average molecular weight is 279 g/mol. The first-order chi connectivity index (χ1) is 9.11. The molecular formula is C15H21NO4. The van der Waals surface area contributed by atoms with Crippen LogP contribution in [0.2, 0.25) is 0 Å². The molecule has 0 bridgehead atoms. The number of ether oxygens (including phenoxy) is 1. The van der Waals surface area contributed by atoms with Crippen LogP contribution in [0, 0.1) is 13.8 Å². The molecular weight excluding hydrogens is 258 g/mol. The molecule has 0 saturated carbocycles. The molecule has 1 aromatic carbocycles. The van der Waals surface area contributed by atoms with E-state index in [9.17, 15) is 14.7 Å². The summed E-state index contributed by atoms with van der Waals surface area (Å²) in [5.74, 6) is -1.12. The van der Waals surface area contributed by atoms with Crippen LogP contribution in [-0.4, -0.2) is 22.8 Å². The number of alkyl carbamates (subject to hydrolysis) is 1. The van der Waals surface area contributed by atoms with Gasteiger partial charge in [0.1, 0.15) is 5.60 Å². The van der Waals surface area contributed by atoms with Crippen LogP contribution in [-0.2, 0) is 9.53 Å². The summed E-state index contributed by atoms with van der Waals surface area (Å²) in [6.45, 7) is 8.80. The van der Waals surface area contributed by atoms with E-state index >= 15 is 0 Å². The monoisotopic (exact) mass is 279 g/mol. The highest BCUT2D eigenvalue weighted by Gasteiger charge is 2.27. The summed E-state index contributed by atoms with van der Waals surface area (Å²) in [6.07, 6.45) is -0.743. The highest BCUT2D eigenvalue weighted by atomic mass is 16.6. The third-order valence-electron chi connectivity index (χ3n) is 2.74. The van der Waals surface area contributed by atoms with Gasteiger partial charge in [0.05, 0.1) is 0 Å². The Morgan fingerprint density at radius 2 is 1.70 bits per heavy atom. The van der Waals surface area contributed by atoms with E-state index in [0.717, 1.165) is 11.1 Å². The van der Waals surface area contributed by atoms with Crippen molar-refractivity contribution in [1.82, 2.24) is 5.32 Å². The maximum Gasteiger partial charge on any atom is 0.408 e. The quantitative estimate of drug-likeness (QED) is 0.892. The summed E-state index contributed by atoms with van der Waals surface area (Å²) in [4.78, 5) is 23.2. The highest BCUT2D eigenvalue weighted by molar-refractivity contribution is 5.82. The summed E-state index contributed by atoms with van der Waals surface area (Å²) < 4.78 is 5.11. The van der Waals surface area contributed by atoms with E-state index in [1.165, 1.54) is 0 Å². The Hall–Kier alpha value is -2.04. The second kappa shape index (κ2) is 5.94. The molecule has 1 amide bonds. The molecule has 0 fully saturated rings. The minimum Gasteiger partial charge on any atom is -0.479 e. The van der Waals surface area contributed by atoms with Gasteiger partial charge < -0.3 is 15.2 Å². The first-order valence-corrected chi connectivity index (χ1v) is 6.40. The number of carbonyl (C=O) groups excluding carboxylic acids is 1. The zero-order valence-electron chi connectivity index (χ0n) is 12.5. The molecule has 5 heteroatoms. The molecule has 0 spiro atoms. The van der Waals surface area contributed by atoms with E-state index in [1.54, 1.807) is 20.8 Å². The first-order valence-electron chi connectivity index (χ1n) is 6.40. The molecule has 0 radical (unpaired) electrons. The number of aliphatic carboxylic acids is 1. The molecule has 1 rings (SSSR count). The Labute approximate surface area is 118 Å². The SMILES string of the molecule is Cc1cccc(C)c1C(NC(=O)OC(C)(C)C)C(=O)O. The molecule has 20 heavy (non-hydrogen) atoms. The van der Waals surface area contributed by atoms with E-state index in [4.69, 9.17) is 4.74 Å². The van der Waals surface area contributed by atoms with Gasteiger partial charge in [-0.1, -0.05) is 18.2 Å². The first kappa shape index (κ1) is 16.0. The largest absolute Gasteiger partial charge is 0.479 e. The van der Waals surface area contributed by atoms with Crippen molar-refractivity contribution in [1.29, 1.82) is 0 Å². The molecule has 0 heterocycles. The Balaban J connectivity index is 3.02. The van der Waals surface area contributed by atoms with Gasteiger partial charge >= 0.3 is 12.1 Å². The molecule has 1 atom stereocenters.